The Morgan fingerprint density at radius 2 is 1.86 bits per heavy atom. The molecule has 1 saturated heterocycles. The number of aryl methyl sites for hydroxylation is 1. The van der Waals surface area contributed by atoms with E-state index in [0.29, 0.717) is 42.0 Å². The van der Waals surface area contributed by atoms with Crippen molar-refractivity contribution in [1.82, 2.24) is 24.6 Å². The van der Waals surface area contributed by atoms with E-state index in [1.807, 2.05) is 17.0 Å². The van der Waals surface area contributed by atoms with Crippen LogP contribution in [-0.4, -0.2) is 72.4 Å². The average Bonchev–Trinajstić information content (AvgIpc) is 3.81. The normalized spacial score (nSPS) is 24.6. The summed E-state index contributed by atoms with van der Waals surface area (Å²) in [5.74, 6) is 0.290. The first-order valence-electron chi connectivity index (χ1n) is 12.9. The molecule has 1 aliphatic heterocycles. The number of halogens is 1. The molecule has 0 spiro atoms. The highest BCUT2D eigenvalue weighted by molar-refractivity contribution is 5.73. The van der Waals surface area contributed by atoms with Gasteiger partial charge in [0.1, 0.15) is 23.8 Å². The zero-order valence-electron chi connectivity index (χ0n) is 20.7. The van der Waals surface area contributed by atoms with E-state index in [-0.39, 0.29) is 29.3 Å². The molecule has 4 atom stereocenters. The lowest BCUT2D eigenvalue weighted by Crippen LogP contribution is -2.52. The summed E-state index contributed by atoms with van der Waals surface area (Å²) in [6.45, 7) is 1.70. The van der Waals surface area contributed by atoms with Crippen LogP contribution in [0.2, 0.25) is 0 Å². The predicted octanol–water partition coefficient (Wildman–Crippen LogP) is 2.72. The number of alkyl halides is 1. The number of phenolic OH excluding ortho intramolecular Hbond substituents is 1. The molecule has 2 saturated carbocycles. The molecule has 0 bridgehead atoms. The molecule has 3 heterocycles. The Labute approximate surface area is 214 Å². The van der Waals surface area contributed by atoms with Crippen molar-refractivity contribution < 1.29 is 14.6 Å². The molecule has 194 valence electrons. The van der Waals surface area contributed by atoms with Crippen molar-refractivity contribution in [3.05, 3.63) is 53.1 Å². The monoisotopic (exact) mass is 506 g/mol. The summed E-state index contributed by atoms with van der Waals surface area (Å²) >= 11 is 0. The van der Waals surface area contributed by atoms with Crippen LogP contribution in [-0.2, 0) is 7.05 Å². The summed E-state index contributed by atoms with van der Waals surface area (Å²) < 4.78 is 15.8. The molecule has 2 N–H and O–H groups in total. The molecule has 9 nitrogen and oxygen atoms in total. The number of aromatic nitrogens is 4. The van der Waals surface area contributed by atoms with Crippen molar-refractivity contribution in [3.8, 4) is 28.1 Å². The lowest BCUT2D eigenvalue weighted by atomic mass is 9.81. The van der Waals surface area contributed by atoms with Gasteiger partial charge in [0.15, 0.2) is 0 Å². The van der Waals surface area contributed by atoms with Gasteiger partial charge in [0.05, 0.1) is 6.20 Å². The number of nitrogens with zero attached hydrogens (tertiary/aromatic N) is 6. The van der Waals surface area contributed by atoms with E-state index < -0.39 is 12.4 Å². The molecule has 3 aromatic rings. The Hall–Kier alpha value is -3.37. The highest BCUT2D eigenvalue weighted by Crippen LogP contribution is 2.41. The second-order valence-corrected chi connectivity index (χ2v) is 10.5. The van der Waals surface area contributed by atoms with Crippen LogP contribution in [0.1, 0.15) is 32.1 Å². The quantitative estimate of drug-likeness (QED) is 0.471. The fourth-order valence-corrected chi connectivity index (χ4v) is 5.50. The van der Waals surface area contributed by atoms with E-state index in [1.54, 1.807) is 31.6 Å². The number of rotatable bonds is 7. The van der Waals surface area contributed by atoms with Gasteiger partial charge in [-0.25, -0.2) is 9.37 Å². The lowest BCUT2D eigenvalue weighted by molar-refractivity contribution is -0.0166. The smallest absolute Gasteiger partial charge is 0.250 e. The van der Waals surface area contributed by atoms with E-state index in [9.17, 15) is 19.4 Å². The van der Waals surface area contributed by atoms with E-state index >= 15 is 0 Å². The van der Waals surface area contributed by atoms with Crippen molar-refractivity contribution in [2.75, 3.05) is 18.0 Å². The van der Waals surface area contributed by atoms with Gasteiger partial charge in [0, 0.05) is 56.0 Å². The van der Waals surface area contributed by atoms with Gasteiger partial charge in [-0.1, -0.05) is 6.07 Å². The Morgan fingerprint density at radius 1 is 1.08 bits per heavy atom. The third-order valence-corrected chi connectivity index (χ3v) is 7.83. The zero-order valence-corrected chi connectivity index (χ0v) is 20.7. The molecule has 1 unspecified atom stereocenters. The number of hydrogen-bond donors (Lipinski definition) is 2. The van der Waals surface area contributed by atoms with Gasteiger partial charge in [0.2, 0.25) is 5.95 Å². The summed E-state index contributed by atoms with van der Waals surface area (Å²) in [6.07, 6.45) is 5.20. The van der Waals surface area contributed by atoms with E-state index in [4.69, 9.17) is 0 Å². The Bertz CT molecular complexity index is 1340. The molecule has 2 aliphatic carbocycles. The van der Waals surface area contributed by atoms with Gasteiger partial charge in [-0.05, 0) is 61.4 Å². The minimum atomic E-state index is -0.900. The summed E-state index contributed by atoms with van der Waals surface area (Å²) in [5.41, 5.74) is 2.23. The van der Waals surface area contributed by atoms with E-state index in [1.165, 1.54) is 10.6 Å². The minimum Gasteiger partial charge on any atom is -0.507 e. The van der Waals surface area contributed by atoms with Crippen LogP contribution < -0.4 is 10.5 Å². The van der Waals surface area contributed by atoms with Crippen LogP contribution in [0.5, 0.6) is 5.75 Å². The van der Waals surface area contributed by atoms with Gasteiger partial charge >= 0.3 is 0 Å². The van der Waals surface area contributed by atoms with Crippen LogP contribution >= 0.6 is 0 Å². The average molecular weight is 507 g/mol. The molecular weight excluding hydrogens is 475 g/mol. The summed E-state index contributed by atoms with van der Waals surface area (Å²) in [7, 11) is 1.69. The van der Waals surface area contributed by atoms with Gasteiger partial charge in [-0.15, -0.1) is 10.2 Å². The fraction of sp³-hybridized carbons (Fsp3) is 0.481. The van der Waals surface area contributed by atoms with Crippen molar-refractivity contribution >= 4 is 5.95 Å². The van der Waals surface area contributed by atoms with Crippen LogP contribution in [0.25, 0.3) is 22.4 Å². The number of hydrogen-bond acceptors (Lipinski definition) is 8. The number of aliphatic hydroxyl groups excluding tert-OH is 1. The van der Waals surface area contributed by atoms with Crippen molar-refractivity contribution in [1.29, 1.82) is 0 Å². The summed E-state index contributed by atoms with van der Waals surface area (Å²) in [6, 6.07) is 8.73. The Morgan fingerprint density at radius 3 is 2.51 bits per heavy atom. The highest BCUT2D eigenvalue weighted by Gasteiger charge is 2.47. The SMILES string of the molecule is Cn1ccc(-c2ccc(-c3cnc(N(C4CC4)[C@H]4CC[C@H](F)CC4[C@H](O)N4CC4)nn3)c(O)c2)cc1=O. The summed E-state index contributed by atoms with van der Waals surface area (Å²) in [5, 5.41) is 30.4. The Kier molecular flexibility index (Phi) is 6.16. The number of aliphatic hydroxyl groups is 1. The minimum absolute atomic E-state index is 0.0176. The Balaban J connectivity index is 1.26. The molecular formula is C27H31FN6O3. The molecule has 0 radical (unpaired) electrons. The van der Waals surface area contributed by atoms with Crippen molar-refractivity contribution in [3.63, 3.8) is 0 Å². The van der Waals surface area contributed by atoms with Gasteiger partial charge in [-0.3, -0.25) is 9.69 Å². The largest absolute Gasteiger partial charge is 0.507 e. The third-order valence-electron chi connectivity index (χ3n) is 7.83. The van der Waals surface area contributed by atoms with Gasteiger partial charge in [-0.2, -0.15) is 0 Å². The van der Waals surface area contributed by atoms with Gasteiger partial charge in [0.25, 0.3) is 5.56 Å². The van der Waals surface area contributed by atoms with Gasteiger partial charge < -0.3 is 19.7 Å². The molecule has 10 heteroatoms. The predicted molar refractivity (Wildman–Crippen MR) is 137 cm³/mol. The fourth-order valence-electron chi connectivity index (χ4n) is 5.50. The number of anilines is 1. The highest BCUT2D eigenvalue weighted by atomic mass is 19.1. The van der Waals surface area contributed by atoms with Crippen LogP contribution in [0.3, 0.4) is 0 Å². The summed E-state index contributed by atoms with van der Waals surface area (Å²) in [4.78, 5) is 20.7. The molecule has 3 aliphatic rings. The standard InChI is InChI=1S/C27H31FN6O3/c1-32-9-8-17(13-25(32)36)16-2-6-20(24(35)12-16)22-15-29-27(31-30-22)34(19-4-5-19)23-7-3-18(28)14-21(23)26(37)33-10-11-33/h2,6,8-9,12-13,15,18-19,21,23,26,35,37H,3-5,7,10-11,14H2,1H3/t18-,21?,23-,26-/m0/s1. The number of benzene rings is 1. The first kappa shape index (κ1) is 24.0. The molecule has 0 amide bonds. The topological polar surface area (TPSA) is 107 Å². The lowest BCUT2D eigenvalue weighted by Gasteiger charge is -2.43. The van der Waals surface area contributed by atoms with E-state index in [2.05, 4.69) is 20.1 Å². The van der Waals surface area contributed by atoms with E-state index in [0.717, 1.165) is 31.5 Å². The number of phenols is 1. The maximum Gasteiger partial charge on any atom is 0.250 e. The molecule has 2 aromatic heterocycles. The molecule has 1 aromatic carbocycles. The number of aromatic hydroxyl groups is 1. The zero-order chi connectivity index (χ0) is 25.7. The van der Waals surface area contributed by atoms with Crippen molar-refractivity contribution in [2.45, 2.75) is 56.6 Å². The van der Waals surface area contributed by atoms with Crippen LogP contribution in [0, 0.1) is 5.92 Å². The second-order valence-electron chi connectivity index (χ2n) is 10.5. The second kappa shape index (κ2) is 9.50. The first-order valence-corrected chi connectivity index (χ1v) is 12.9. The first-order chi connectivity index (χ1) is 17.9. The molecule has 6 rings (SSSR count). The molecule has 3 fully saturated rings. The molecule has 37 heavy (non-hydrogen) atoms. The van der Waals surface area contributed by atoms with Crippen molar-refractivity contribution in [2.24, 2.45) is 13.0 Å². The maximum atomic E-state index is 14.4. The maximum absolute atomic E-state index is 14.4. The van der Waals surface area contributed by atoms with Crippen LogP contribution in [0.4, 0.5) is 10.3 Å². The third kappa shape index (κ3) is 4.83. The number of pyridine rings is 1. The van der Waals surface area contributed by atoms with Crippen LogP contribution in [0.15, 0.2) is 47.5 Å².